The van der Waals surface area contributed by atoms with Crippen LogP contribution in [0.2, 0.25) is 0 Å². The minimum atomic E-state index is -0.819. The van der Waals surface area contributed by atoms with E-state index in [9.17, 15) is 5.21 Å². The van der Waals surface area contributed by atoms with Gasteiger partial charge in [-0.25, -0.2) is 0 Å². The van der Waals surface area contributed by atoms with E-state index in [-0.39, 0.29) is 12.7 Å². The molecule has 0 unspecified atom stereocenters. The highest BCUT2D eigenvalue weighted by atomic mass is 16.9. The van der Waals surface area contributed by atoms with E-state index in [0.29, 0.717) is 6.61 Å². The Balaban J connectivity index is 1.43. The van der Waals surface area contributed by atoms with E-state index in [1.807, 2.05) is 13.8 Å². The van der Waals surface area contributed by atoms with Crippen LogP contribution in [-0.2, 0) is 37.9 Å². The Hall–Kier alpha value is -1.29. The molecule has 4 aliphatic heterocycles. The van der Waals surface area contributed by atoms with E-state index in [0.717, 1.165) is 0 Å². The normalized spacial score (nSPS) is 44.1. The first-order valence-corrected chi connectivity index (χ1v) is 9.67. The van der Waals surface area contributed by atoms with Crippen molar-refractivity contribution in [3.8, 4) is 6.07 Å². The Morgan fingerprint density at radius 2 is 1.59 bits per heavy atom. The second-order valence-corrected chi connectivity index (χ2v) is 8.27. The number of ether oxygens (including phenoxy) is 8. The first-order chi connectivity index (χ1) is 13.7. The fourth-order valence-corrected chi connectivity index (χ4v) is 4.08. The van der Waals surface area contributed by atoms with Gasteiger partial charge in [0.25, 0.3) is 0 Å². The smallest absolute Gasteiger partial charge is 0.333 e. The second-order valence-electron chi connectivity index (χ2n) is 8.27. The van der Waals surface area contributed by atoms with Crippen LogP contribution in [0.25, 0.3) is 5.01 Å². The third-order valence-electron chi connectivity index (χ3n) is 5.12. The zero-order valence-corrected chi connectivity index (χ0v) is 16.9. The highest BCUT2D eigenvalue weighted by Gasteiger charge is 2.59. The predicted molar refractivity (Wildman–Crippen MR) is 97.7 cm³/mol. The van der Waals surface area contributed by atoms with Crippen LogP contribution < -0.4 is 0 Å². The largest absolute Gasteiger partial charge is 0.498 e. The van der Waals surface area contributed by atoms with Gasteiger partial charge in [0.2, 0.25) is 6.10 Å². The lowest BCUT2D eigenvalue weighted by atomic mass is 10.1. The molecule has 4 saturated heterocycles. The first-order valence-electron chi connectivity index (χ1n) is 9.67. The van der Waals surface area contributed by atoms with Gasteiger partial charge in [0.1, 0.15) is 30.5 Å². The molecule has 162 valence electrons. The van der Waals surface area contributed by atoms with E-state index >= 15 is 0 Å². The predicted octanol–water partition coefficient (Wildman–Crippen LogP) is 1.53. The second kappa shape index (κ2) is 7.76. The third kappa shape index (κ3) is 4.15. The lowest BCUT2D eigenvalue weighted by Gasteiger charge is -2.27. The molecule has 0 aromatic rings. The molecule has 10 nitrogen and oxygen atoms in total. The lowest BCUT2D eigenvalue weighted by Crippen LogP contribution is -2.42. The van der Waals surface area contributed by atoms with Gasteiger partial charge in [0, 0.05) is 5.01 Å². The van der Waals surface area contributed by atoms with E-state index in [4.69, 9.17) is 37.9 Å². The average molecular weight is 413 g/mol. The molecule has 29 heavy (non-hydrogen) atoms. The molecule has 10 heteroatoms. The van der Waals surface area contributed by atoms with Crippen molar-refractivity contribution in [3.05, 3.63) is 22.9 Å². The summed E-state index contributed by atoms with van der Waals surface area (Å²) in [5.41, 5.74) is 0. The van der Waals surface area contributed by atoms with Gasteiger partial charge in [-0.2, -0.15) is 0 Å². The van der Waals surface area contributed by atoms with Gasteiger partial charge in [0.05, 0.1) is 13.2 Å². The fourth-order valence-electron chi connectivity index (χ4n) is 4.08. The van der Waals surface area contributed by atoms with Crippen molar-refractivity contribution in [3.63, 3.8) is 0 Å². The summed E-state index contributed by atoms with van der Waals surface area (Å²) in [6.07, 6.45) is -2.80. The molecule has 0 spiro atoms. The van der Waals surface area contributed by atoms with E-state index in [1.54, 1.807) is 19.9 Å². The minimum absolute atomic E-state index is 0.139. The van der Waals surface area contributed by atoms with Crippen LogP contribution in [0.3, 0.4) is 0 Å². The standard InChI is InChI=1S/C19H27NO9/c1-6-7-22-13-11(25-17-15(13)27-19(4,5)29-17)9-23-12-10(8-20-21)24-16-14(12)26-18(2,3)28-16/h6,10-17H,1,7,9H2,2-5H3/t10-,11-,12-,13-,14-,15-,16-,17-/m1/s1. The summed E-state index contributed by atoms with van der Waals surface area (Å²) in [6.45, 7) is 11.4. The van der Waals surface area contributed by atoms with Gasteiger partial charge in [-0.1, -0.05) is 6.08 Å². The minimum Gasteiger partial charge on any atom is -0.498 e. The van der Waals surface area contributed by atoms with Crippen LogP contribution in [0.15, 0.2) is 12.7 Å². The van der Waals surface area contributed by atoms with Crippen LogP contribution in [0, 0.1) is 11.3 Å². The van der Waals surface area contributed by atoms with Crippen molar-refractivity contribution in [1.29, 1.82) is 0 Å². The number of nitrogens with zero attached hydrogens (tertiary/aromatic N) is 1. The van der Waals surface area contributed by atoms with Gasteiger partial charge in [-0.3, -0.25) is 0 Å². The fraction of sp³-hybridized carbons (Fsp3) is 0.842. The molecule has 0 amide bonds. The van der Waals surface area contributed by atoms with Crippen LogP contribution in [0.5, 0.6) is 0 Å². The van der Waals surface area contributed by atoms with E-state index in [1.165, 1.54) is 0 Å². The Labute approximate surface area is 169 Å². The Kier molecular flexibility index (Phi) is 5.61. The van der Waals surface area contributed by atoms with Gasteiger partial charge >= 0.3 is 6.07 Å². The summed E-state index contributed by atoms with van der Waals surface area (Å²) < 4.78 is 46.9. The quantitative estimate of drug-likeness (QED) is 0.474. The molecule has 0 aliphatic carbocycles. The highest BCUT2D eigenvalue weighted by molar-refractivity contribution is 5.08. The van der Waals surface area contributed by atoms with Crippen molar-refractivity contribution in [2.24, 2.45) is 0 Å². The Morgan fingerprint density at radius 1 is 0.966 bits per heavy atom. The zero-order chi connectivity index (χ0) is 20.8. The molecule has 4 aliphatic rings. The molecule has 4 fully saturated rings. The third-order valence-corrected chi connectivity index (χ3v) is 5.12. The molecule has 4 heterocycles. The molecule has 8 atom stereocenters. The Bertz CT molecular complexity index is 687. The van der Waals surface area contributed by atoms with E-state index < -0.39 is 54.7 Å². The summed E-state index contributed by atoms with van der Waals surface area (Å²) in [6, 6.07) is 2.35. The van der Waals surface area contributed by atoms with Gasteiger partial charge in [-0.05, 0) is 27.7 Å². The first kappa shape index (κ1) is 21.0. The summed E-state index contributed by atoms with van der Waals surface area (Å²) in [7, 11) is 0. The summed E-state index contributed by atoms with van der Waals surface area (Å²) in [5, 5.41) is 13.4. The molecule has 0 aromatic carbocycles. The maximum atomic E-state index is 10.7. The maximum Gasteiger partial charge on any atom is 0.333 e. The van der Waals surface area contributed by atoms with Gasteiger partial charge in [0.15, 0.2) is 24.2 Å². The van der Waals surface area contributed by atoms with Crippen molar-refractivity contribution in [2.45, 2.75) is 88.5 Å². The number of rotatable bonds is 6. The number of fused-ring (bicyclic) bond motifs is 2. The molecule has 0 radical (unpaired) electrons. The van der Waals surface area contributed by atoms with Crippen LogP contribution in [-0.4, -0.2) is 74.0 Å². The molecule has 0 N–H and O–H groups in total. The van der Waals surface area contributed by atoms with Crippen molar-refractivity contribution in [1.82, 2.24) is 0 Å². The number of hydrogen-bond acceptors (Lipinski definition) is 9. The molecular formula is C19H27NO9. The van der Waals surface area contributed by atoms with Crippen LogP contribution in [0.1, 0.15) is 27.7 Å². The van der Waals surface area contributed by atoms with Gasteiger partial charge in [-0.15, -0.1) is 6.58 Å². The van der Waals surface area contributed by atoms with Crippen molar-refractivity contribution in [2.75, 3.05) is 13.2 Å². The maximum absolute atomic E-state index is 10.7. The molecular weight excluding hydrogens is 386 g/mol. The molecule has 0 bridgehead atoms. The summed E-state index contributed by atoms with van der Waals surface area (Å²) in [5.74, 6) is -1.57. The zero-order valence-electron chi connectivity index (χ0n) is 16.9. The molecule has 0 aromatic heterocycles. The molecule has 4 rings (SSSR count). The SMILES string of the molecule is C=CCO[C@H]1[C@H]2OC(C)(C)O[C@H]2O[C@@H]1CO[C@H]1[C@H]2OC(C)(C)O[C@H]2O[C@@H]1C#[N+][O-]. The monoisotopic (exact) mass is 413 g/mol. The number of hydrogen-bond donors (Lipinski definition) is 0. The average Bonchev–Trinajstić information content (AvgIpc) is 3.27. The summed E-state index contributed by atoms with van der Waals surface area (Å²) >= 11 is 0. The Morgan fingerprint density at radius 3 is 2.21 bits per heavy atom. The van der Waals surface area contributed by atoms with Crippen LogP contribution in [0.4, 0.5) is 0 Å². The van der Waals surface area contributed by atoms with Crippen molar-refractivity contribution < 1.29 is 37.9 Å². The lowest BCUT2D eigenvalue weighted by molar-refractivity contribution is -0.231. The molecule has 0 saturated carbocycles. The summed E-state index contributed by atoms with van der Waals surface area (Å²) in [4.78, 5) is 0. The highest BCUT2D eigenvalue weighted by Crippen LogP contribution is 2.41. The topological polar surface area (TPSA) is 101 Å². The van der Waals surface area contributed by atoms with Crippen LogP contribution >= 0.6 is 0 Å². The van der Waals surface area contributed by atoms with Crippen molar-refractivity contribution >= 4 is 0 Å². The van der Waals surface area contributed by atoms with Gasteiger partial charge < -0.3 is 43.1 Å². The van der Waals surface area contributed by atoms with E-state index in [2.05, 4.69) is 17.7 Å².